The molecule has 0 unspecified atom stereocenters. The Morgan fingerprint density at radius 1 is 1.13 bits per heavy atom. The number of hydrogen-bond acceptors (Lipinski definition) is 8. The number of fused-ring (bicyclic) bond motifs is 2. The fourth-order valence-corrected chi connectivity index (χ4v) is 5.57. The van der Waals surface area contributed by atoms with Crippen molar-refractivity contribution >= 4 is 45.6 Å². The van der Waals surface area contributed by atoms with E-state index in [1.807, 2.05) is 25.1 Å². The van der Waals surface area contributed by atoms with E-state index in [9.17, 15) is 10.1 Å². The van der Waals surface area contributed by atoms with Gasteiger partial charge >= 0.3 is 0 Å². The molecule has 2 aromatic carbocycles. The summed E-state index contributed by atoms with van der Waals surface area (Å²) in [5.41, 5.74) is 3.33. The van der Waals surface area contributed by atoms with E-state index in [2.05, 4.69) is 31.5 Å². The molecule has 2 aromatic heterocycles. The Kier molecular flexibility index (Phi) is 6.04. The number of hydrogen-bond donors (Lipinski definition) is 2. The van der Waals surface area contributed by atoms with Crippen LogP contribution in [0.5, 0.6) is 5.75 Å². The summed E-state index contributed by atoms with van der Waals surface area (Å²) in [6.07, 6.45) is 8.97. The standard InChI is InChI=1S/C28H28N8O2/c1-17-27(37)36(22-9-11-25(38-2)18(13-22)14-29)24-16-30-28(32-20-8-10-23-19(12-20)15-31-34-23)33-26(24)35(17)21-6-4-3-5-7-21/h8-13,15-17,21H,3-7H2,1-2H3,(H,31,34)(H,30,32,33)/t17-/m1/s1. The highest BCUT2D eigenvalue weighted by atomic mass is 16.5. The second-order valence-corrected chi connectivity index (χ2v) is 9.74. The molecule has 1 aliphatic heterocycles. The highest BCUT2D eigenvalue weighted by Gasteiger charge is 2.41. The van der Waals surface area contributed by atoms with Gasteiger partial charge in [0.25, 0.3) is 5.91 Å². The monoisotopic (exact) mass is 508 g/mol. The molecule has 0 radical (unpaired) electrons. The third-order valence-electron chi connectivity index (χ3n) is 7.46. The van der Waals surface area contributed by atoms with E-state index >= 15 is 0 Å². The maximum Gasteiger partial charge on any atom is 0.254 e. The van der Waals surface area contributed by atoms with Crippen molar-refractivity contribution in [1.82, 2.24) is 20.2 Å². The summed E-state index contributed by atoms with van der Waals surface area (Å²) in [6.45, 7) is 1.93. The Balaban J connectivity index is 1.44. The fourth-order valence-electron chi connectivity index (χ4n) is 5.57. The average molecular weight is 509 g/mol. The molecule has 38 heavy (non-hydrogen) atoms. The summed E-state index contributed by atoms with van der Waals surface area (Å²) in [6, 6.07) is 13.0. The smallest absolute Gasteiger partial charge is 0.254 e. The van der Waals surface area contributed by atoms with E-state index < -0.39 is 6.04 Å². The zero-order valence-corrected chi connectivity index (χ0v) is 21.3. The van der Waals surface area contributed by atoms with Gasteiger partial charge in [0.1, 0.15) is 23.5 Å². The number of nitrogens with one attached hydrogen (secondary N) is 2. The van der Waals surface area contributed by atoms with E-state index in [-0.39, 0.29) is 11.9 Å². The number of methoxy groups -OCH3 is 1. The lowest BCUT2D eigenvalue weighted by Crippen LogP contribution is -2.55. The van der Waals surface area contributed by atoms with Crippen LogP contribution < -0.4 is 19.9 Å². The van der Waals surface area contributed by atoms with Crippen LogP contribution in [0.4, 0.5) is 28.8 Å². The lowest BCUT2D eigenvalue weighted by atomic mass is 9.92. The normalized spacial score (nSPS) is 17.8. The van der Waals surface area contributed by atoms with Gasteiger partial charge < -0.3 is 15.0 Å². The van der Waals surface area contributed by atoms with Crippen molar-refractivity contribution in [3.05, 3.63) is 54.4 Å². The van der Waals surface area contributed by atoms with Crippen molar-refractivity contribution in [3.8, 4) is 11.8 Å². The van der Waals surface area contributed by atoms with Gasteiger partial charge in [0, 0.05) is 17.1 Å². The van der Waals surface area contributed by atoms with E-state index in [1.165, 1.54) is 13.5 Å². The SMILES string of the molecule is COc1ccc(N2C(=O)[C@@H](C)N(C3CCCCC3)c3nc(Nc4ccc5[nH]ncc5c4)ncc32)cc1C#N. The molecular weight excluding hydrogens is 480 g/mol. The minimum absolute atomic E-state index is 0.0770. The topological polar surface area (TPSA) is 123 Å². The zero-order valence-electron chi connectivity index (χ0n) is 21.3. The maximum atomic E-state index is 13.9. The van der Waals surface area contributed by atoms with Crippen molar-refractivity contribution in [2.45, 2.75) is 51.1 Å². The molecule has 1 aliphatic carbocycles. The molecular formula is C28H28N8O2. The second kappa shape index (κ2) is 9.67. The molecule has 1 amide bonds. The van der Waals surface area contributed by atoms with Crippen LogP contribution in [0.2, 0.25) is 0 Å². The molecule has 0 saturated heterocycles. The molecule has 2 N–H and O–H groups in total. The van der Waals surface area contributed by atoms with Gasteiger partial charge in [0.15, 0.2) is 5.82 Å². The van der Waals surface area contributed by atoms with Gasteiger partial charge in [-0.15, -0.1) is 0 Å². The summed E-state index contributed by atoms with van der Waals surface area (Å²) in [5, 5.41) is 21.0. The molecule has 10 heteroatoms. The molecule has 1 saturated carbocycles. The summed E-state index contributed by atoms with van der Waals surface area (Å²) in [7, 11) is 1.52. The Hall–Kier alpha value is -4.65. The number of H-pyrrole nitrogens is 1. The number of aromatic amines is 1. The minimum Gasteiger partial charge on any atom is -0.495 e. The zero-order chi connectivity index (χ0) is 26.2. The molecule has 4 aromatic rings. The molecule has 1 fully saturated rings. The molecule has 2 aliphatic rings. The molecule has 0 spiro atoms. The van der Waals surface area contributed by atoms with Gasteiger partial charge in [-0.1, -0.05) is 19.3 Å². The first-order chi connectivity index (χ1) is 18.6. The van der Waals surface area contributed by atoms with Crippen LogP contribution in [-0.2, 0) is 4.79 Å². The number of amides is 1. The number of ether oxygens (including phenoxy) is 1. The molecule has 3 heterocycles. The first kappa shape index (κ1) is 23.7. The number of nitriles is 1. The molecule has 6 rings (SSSR count). The largest absolute Gasteiger partial charge is 0.495 e. The van der Waals surface area contributed by atoms with E-state index in [4.69, 9.17) is 9.72 Å². The van der Waals surface area contributed by atoms with Crippen molar-refractivity contribution in [2.75, 3.05) is 22.2 Å². The van der Waals surface area contributed by atoms with Crippen LogP contribution >= 0.6 is 0 Å². The van der Waals surface area contributed by atoms with Gasteiger partial charge in [0.05, 0.1) is 36.3 Å². The highest BCUT2D eigenvalue weighted by molar-refractivity contribution is 6.10. The van der Waals surface area contributed by atoms with Gasteiger partial charge in [-0.25, -0.2) is 4.98 Å². The summed E-state index contributed by atoms with van der Waals surface area (Å²) in [4.78, 5) is 27.2. The fraction of sp³-hybridized carbons (Fsp3) is 0.321. The predicted molar refractivity (Wildman–Crippen MR) is 145 cm³/mol. The van der Waals surface area contributed by atoms with E-state index in [1.54, 1.807) is 35.5 Å². The van der Waals surface area contributed by atoms with Crippen LogP contribution in [0.25, 0.3) is 10.9 Å². The van der Waals surface area contributed by atoms with Crippen molar-refractivity contribution in [2.24, 2.45) is 0 Å². The third-order valence-corrected chi connectivity index (χ3v) is 7.46. The first-order valence-corrected chi connectivity index (χ1v) is 12.8. The number of aromatic nitrogens is 4. The number of rotatable bonds is 5. The molecule has 0 bridgehead atoms. The number of anilines is 5. The molecule has 1 atom stereocenters. The average Bonchev–Trinajstić information content (AvgIpc) is 3.42. The summed E-state index contributed by atoms with van der Waals surface area (Å²) < 4.78 is 5.31. The third kappa shape index (κ3) is 4.06. The van der Waals surface area contributed by atoms with Gasteiger partial charge in [-0.05, 0) is 56.2 Å². The van der Waals surface area contributed by atoms with Gasteiger partial charge in [0.2, 0.25) is 5.95 Å². The number of benzene rings is 2. The summed E-state index contributed by atoms with van der Waals surface area (Å²) >= 11 is 0. The van der Waals surface area contributed by atoms with Crippen LogP contribution in [0.3, 0.4) is 0 Å². The van der Waals surface area contributed by atoms with E-state index in [0.29, 0.717) is 34.5 Å². The van der Waals surface area contributed by atoms with Crippen LogP contribution in [0.15, 0.2) is 48.8 Å². The minimum atomic E-state index is -0.428. The summed E-state index contributed by atoms with van der Waals surface area (Å²) in [5.74, 6) is 1.54. The van der Waals surface area contributed by atoms with Crippen molar-refractivity contribution in [3.63, 3.8) is 0 Å². The predicted octanol–water partition coefficient (Wildman–Crippen LogP) is 5.18. The lowest BCUT2D eigenvalue weighted by Gasteiger charge is -2.45. The lowest BCUT2D eigenvalue weighted by molar-refractivity contribution is -0.119. The van der Waals surface area contributed by atoms with Crippen LogP contribution in [0, 0.1) is 11.3 Å². The Bertz CT molecular complexity index is 1550. The second-order valence-electron chi connectivity index (χ2n) is 9.74. The van der Waals surface area contributed by atoms with Crippen LogP contribution in [0.1, 0.15) is 44.6 Å². The highest BCUT2D eigenvalue weighted by Crippen LogP contribution is 2.43. The van der Waals surface area contributed by atoms with Crippen molar-refractivity contribution in [1.29, 1.82) is 5.26 Å². The van der Waals surface area contributed by atoms with Crippen molar-refractivity contribution < 1.29 is 9.53 Å². The Morgan fingerprint density at radius 3 is 2.76 bits per heavy atom. The van der Waals surface area contributed by atoms with Crippen LogP contribution in [-0.4, -0.2) is 45.3 Å². The molecule has 192 valence electrons. The Labute approximate surface area is 220 Å². The maximum absolute atomic E-state index is 13.9. The van der Waals surface area contributed by atoms with E-state index in [0.717, 1.165) is 42.3 Å². The van der Waals surface area contributed by atoms with Gasteiger partial charge in [-0.2, -0.15) is 15.3 Å². The Morgan fingerprint density at radius 2 is 1.97 bits per heavy atom. The quantitative estimate of drug-likeness (QED) is 0.378. The van der Waals surface area contributed by atoms with Gasteiger partial charge in [-0.3, -0.25) is 14.8 Å². The number of carbonyl (C=O) groups excluding carboxylic acids is 1. The molecule has 10 nitrogen and oxygen atoms in total. The number of carbonyl (C=O) groups is 1. The first-order valence-electron chi connectivity index (χ1n) is 12.8. The number of nitrogens with zero attached hydrogens (tertiary/aromatic N) is 6.